The van der Waals surface area contributed by atoms with Gasteiger partial charge in [-0.25, -0.2) is 0 Å². The van der Waals surface area contributed by atoms with Gasteiger partial charge in [0, 0.05) is 5.69 Å². The molecule has 1 N–H and O–H groups in total. The average Bonchev–Trinajstić information content (AvgIpc) is 3.18. The van der Waals surface area contributed by atoms with Gasteiger partial charge in [-0.3, -0.25) is 4.79 Å². The molecule has 0 unspecified atom stereocenters. The summed E-state index contributed by atoms with van der Waals surface area (Å²) in [6.45, 7) is 6.06. The summed E-state index contributed by atoms with van der Waals surface area (Å²) < 4.78 is 17.3. The molecule has 7 nitrogen and oxygen atoms in total. The van der Waals surface area contributed by atoms with Crippen LogP contribution in [0.4, 0.5) is 5.69 Å². The number of nitrogens with zero attached hydrogens (tertiary/aromatic N) is 2. The topological polar surface area (TPSA) is 86.5 Å². The predicted octanol–water partition coefficient (Wildman–Crippen LogP) is 4.32. The van der Waals surface area contributed by atoms with Crippen LogP contribution in [0.1, 0.15) is 30.0 Å². The van der Waals surface area contributed by atoms with Gasteiger partial charge >= 0.3 is 0 Å². The maximum atomic E-state index is 12.5. The number of aryl methyl sites for hydroxylation is 2. The summed E-state index contributed by atoms with van der Waals surface area (Å²) in [6, 6.07) is 13.3. The third-order valence-electron chi connectivity index (χ3n) is 4.49. The van der Waals surface area contributed by atoms with Crippen LogP contribution >= 0.6 is 11.8 Å². The number of benzene rings is 2. The maximum absolute atomic E-state index is 12.5. The number of anilines is 1. The first-order chi connectivity index (χ1) is 14.0. The fourth-order valence-corrected chi connectivity index (χ4v) is 3.62. The van der Waals surface area contributed by atoms with Crippen LogP contribution < -0.4 is 14.8 Å². The number of para-hydroxylation sites is 2. The molecule has 0 spiro atoms. The number of rotatable bonds is 5. The number of amides is 1. The standard InChI is InChI=1S/C21H21N3O4S/c1-12-8-9-15(13(2)10-12)22-19(25)14(3)29-21-24-23-20(28-21)18-11-26-16-6-4-5-7-17(16)27-18/h4-10,14,18H,11H2,1-3H3,(H,22,25)/t14-,18+/m1/s1. The summed E-state index contributed by atoms with van der Waals surface area (Å²) in [4.78, 5) is 12.5. The largest absolute Gasteiger partial charge is 0.485 e. The monoisotopic (exact) mass is 411 g/mol. The molecule has 0 saturated carbocycles. The van der Waals surface area contributed by atoms with Crippen molar-refractivity contribution in [1.29, 1.82) is 0 Å². The summed E-state index contributed by atoms with van der Waals surface area (Å²) >= 11 is 1.20. The molecule has 2 heterocycles. The molecule has 8 heteroatoms. The van der Waals surface area contributed by atoms with Gasteiger partial charge in [-0.2, -0.15) is 0 Å². The Bertz CT molecular complexity index is 1040. The minimum Gasteiger partial charge on any atom is -0.485 e. The Morgan fingerprint density at radius 3 is 2.76 bits per heavy atom. The number of nitrogens with one attached hydrogen (secondary N) is 1. The lowest BCUT2D eigenvalue weighted by Crippen LogP contribution is -2.23. The zero-order valence-corrected chi connectivity index (χ0v) is 17.2. The molecule has 1 aliphatic heterocycles. The minimum absolute atomic E-state index is 0.132. The third kappa shape index (κ3) is 4.37. The Hall–Kier alpha value is -3.00. The Morgan fingerprint density at radius 1 is 1.17 bits per heavy atom. The van der Waals surface area contributed by atoms with Crippen molar-refractivity contribution >= 4 is 23.4 Å². The molecule has 2 atom stereocenters. The number of thioether (sulfide) groups is 1. The van der Waals surface area contributed by atoms with E-state index in [2.05, 4.69) is 15.5 Å². The number of fused-ring (bicyclic) bond motifs is 1. The molecular formula is C21H21N3O4S. The molecule has 4 rings (SSSR count). The first kappa shape index (κ1) is 19.3. The maximum Gasteiger partial charge on any atom is 0.277 e. The summed E-state index contributed by atoms with van der Waals surface area (Å²) in [5.41, 5.74) is 2.97. The average molecular weight is 411 g/mol. The Kier molecular flexibility index (Phi) is 5.44. The quantitative estimate of drug-likeness (QED) is 0.626. The molecule has 0 bridgehead atoms. The van der Waals surface area contributed by atoms with Gasteiger partial charge in [-0.05, 0) is 44.5 Å². The van der Waals surface area contributed by atoms with Gasteiger partial charge in [-0.1, -0.05) is 41.6 Å². The first-order valence-electron chi connectivity index (χ1n) is 9.26. The van der Waals surface area contributed by atoms with Crippen molar-refractivity contribution in [3.8, 4) is 11.5 Å². The van der Waals surface area contributed by atoms with Crippen molar-refractivity contribution in [2.24, 2.45) is 0 Å². The lowest BCUT2D eigenvalue weighted by Gasteiger charge is -2.23. The van der Waals surface area contributed by atoms with E-state index in [0.29, 0.717) is 22.6 Å². The Labute approximate surface area is 172 Å². The van der Waals surface area contributed by atoms with Crippen LogP contribution in [-0.4, -0.2) is 28.0 Å². The number of hydrogen-bond donors (Lipinski definition) is 1. The predicted molar refractivity (Wildman–Crippen MR) is 109 cm³/mol. The summed E-state index contributed by atoms with van der Waals surface area (Å²) in [6.07, 6.45) is -0.480. The van der Waals surface area contributed by atoms with Gasteiger partial charge in [-0.15, -0.1) is 10.2 Å². The fourth-order valence-electron chi connectivity index (χ4n) is 2.93. The lowest BCUT2D eigenvalue weighted by molar-refractivity contribution is -0.115. The third-order valence-corrected chi connectivity index (χ3v) is 5.43. The van der Waals surface area contributed by atoms with E-state index in [4.69, 9.17) is 13.9 Å². The second-order valence-corrected chi connectivity index (χ2v) is 8.13. The van der Waals surface area contributed by atoms with Crippen LogP contribution in [0.5, 0.6) is 11.5 Å². The number of ether oxygens (including phenoxy) is 2. The second kappa shape index (κ2) is 8.16. The molecule has 1 aliphatic rings. The first-order valence-corrected chi connectivity index (χ1v) is 10.1. The van der Waals surface area contributed by atoms with E-state index in [1.807, 2.05) is 56.3 Å². The van der Waals surface area contributed by atoms with Crippen LogP contribution in [0.25, 0.3) is 0 Å². The zero-order chi connectivity index (χ0) is 20.4. The zero-order valence-electron chi connectivity index (χ0n) is 16.3. The molecule has 0 aliphatic carbocycles. The number of aromatic nitrogens is 2. The molecule has 3 aromatic rings. The molecule has 29 heavy (non-hydrogen) atoms. The van der Waals surface area contributed by atoms with E-state index in [0.717, 1.165) is 16.8 Å². The van der Waals surface area contributed by atoms with Crippen LogP contribution in [0.3, 0.4) is 0 Å². The van der Waals surface area contributed by atoms with Crippen LogP contribution in [0.2, 0.25) is 0 Å². The summed E-state index contributed by atoms with van der Waals surface area (Å²) in [5, 5.41) is 10.9. The van der Waals surface area contributed by atoms with Crippen molar-refractivity contribution < 1.29 is 18.7 Å². The molecule has 0 fully saturated rings. The highest BCUT2D eigenvalue weighted by Gasteiger charge is 2.28. The van der Waals surface area contributed by atoms with Gasteiger partial charge < -0.3 is 19.2 Å². The highest BCUT2D eigenvalue weighted by atomic mass is 32.2. The number of carbonyl (C=O) groups excluding carboxylic acids is 1. The molecular weight excluding hydrogens is 390 g/mol. The SMILES string of the molecule is Cc1ccc(NC(=O)[C@@H](C)Sc2nnc([C@@H]3COc4ccccc4O3)o2)c(C)c1. The molecule has 2 aromatic carbocycles. The van der Waals surface area contributed by atoms with Crippen molar-refractivity contribution in [2.75, 3.05) is 11.9 Å². The van der Waals surface area contributed by atoms with E-state index >= 15 is 0 Å². The minimum atomic E-state index is -0.480. The fraction of sp³-hybridized carbons (Fsp3) is 0.286. The summed E-state index contributed by atoms with van der Waals surface area (Å²) in [7, 11) is 0. The number of hydrogen-bond acceptors (Lipinski definition) is 7. The lowest BCUT2D eigenvalue weighted by atomic mass is 10.1. The van der Waals surface area contributed by atoms with Gasteiger partial charge in [0.2, 0.25) is 12.0 Å². The van der Waals surface area contributed by atoms with Gasteiger partial charge in [0.1, 0.15) is 6.61 Å². The van der Waals surface area contributed by atoms with Gasteiger partial charge in [0.05, 0.1) is 5.25 Å². The normalized spacial score (nSPS) is 16.3. The van der Waals surface area contributed by atoms with Crippen molar-refractivity contribution in [1.82, 2.24) is 10.2 Å². The smallest absolute Gasteiger partial charge is 0.277 e. The molecule has 0 radical (unpaired) electrons. The summed E-state index contributed by atoms with van der Waals surface area (Å²) in [5.74, 6) is 1.52. The Morgan fingerprint density at radius 2 is 1.97 bits per heavy atom. The van der Waals surface area contributed by atoms with E-state index in [-0.39, 0.29) is 12.5 Å². The van der Waals surface area contributed by atoms with Crippen LogP contribution in [0.15, 0.2) is 52.1 Å². The number of carbonyl (C=O) groups is 1. The van der Waals surface area contributed by atoms with Crippen LogP contribution in [0, 0.1) is 13.8 Å². The van der Waals surface area contributed by atoms with Crippen molar-refractivity contribution in [2.45, 2.75) is 37.3 Å². The van der Waals surface area contributed by atoms with Crippen molar-refractivity contribution in [3.05, 3.63) is 59.5 Å². The van der Waals surface area contributed by atoms with Crippen molar-refractivity contribution in [3.63, 3.8) is 0 Å². The molecule has 150 valence electrons. The van der Waals surface area contributed by atoms with E-state index in [1.165, 1.54) is 11.8 Å². The van der Waals surface area contributed by atoms with Crippen LogP contribution in [-0.2, 0) is 4.79 Å². The second-order valence-electron chi connectivity index (χ2n) is 6.84. The van der Waals surface area contributed by atoms with E-state index < -0.39 is 11.4 Å². The van der Waals surface area contributed by atoms with Gasteiger partial charge in [0.25, 0.3) is 11.1 Å². The molecule has 1 aromatic heterocycles. The molecule has 0 saturated heterocycles. The highest BCUT2D eigenvalue weighted by Crippen LogP contribution is 2.36. The van der Waals surface area contributed by atoms with Gasteiger partial charge in [0.15, 0.2) is 11.5 Å². The Balaban J connectivity index is 1.38. The highest BCUT2D eigenvalue weighted by molar-refractivity contribution is 8.00. The van der Waals surface area contributed by atoms with E-state index in [1.54, 1.807) is 6.92 Å². The molecule has 1 amide bonds. The van der Waals surface area contributed by atoms with E-state index in [9.17, 15) is 4.79 Å².